The lowest BCUT2D eigenvalue weighted by molar-refractivity contribution is -0.154. The molecule has 0 bridgehead atoms. The molecule has 12 rings (SSSR count). The zero-order valence-corrected chi connectivity index (χ0v) is 63.7. The Balaban J connectivity index is 0.000000212. The van der Waals surface area contributed by atoms with Crippen LogP contribution in [0.25, 0.3) is 21.5 Å². The van der Waals surface area contributed by atoms with Crippen molar-refractivity contribution in [3.63, 3.8) is 0 Å². The number of carbonyl (C=O) groups excluding carboxylic acids is 8. The number of fused-ring (bicyclic) bond motifs is 6. The molecule has 2 N–H and O–H groups in total. The minimum absolute atomic E-state index is 0.0314. The number of ketones is 2. The number of amides is 4. The monoisotopic (exact) mass is 1510 g/mol. The number of hydrogen-bond acceptors (Lipinski definition) is 20. The molecule has 4 amide bonds. The molecule has 14 atom stereocenters. The number of sulfonamides is 2. The van der Waals surface area contributed by atoms with Crippen molar-refractivity contribution in [3.8, 4) is 23.3 Å². The SMILES string of the molecule is COc1cc(F)cc2c(O[C@@H]3C[C@H]4C(=O)C[C@]5(C(=O)NS(=O)(=O)C6CC6)C[C@H]5/C=C\CC[C@@H](C)C[C@@H](C)[C@H](CC(=O)OC(C)C)C(=O)N4C3)nccc12.COc1cc(F)cc2c(O[C@@H]3C[C@H]4C(=O)C[C@]5(C(=O)NS(=O)(=O)C6CC6)C[C@H]5/C=C\CC[C@H](C)C[C@@H](C)[C@H](CC(=O)OC(C)C)C(=O)N4C3)nccc12. The number of aromatic nitrogens is 2. The normalized spacial score (nSPS) is 30.1. The van der Waals surface area contributed by atoms with Crippen molar-refractivity contribution in [1.82, 2.24) is 29.2 Å². The summed E-state index contributed by atoms with van der Waals surface area (Å²) in [6, 6.07) is 6.33. The third-order valence-electron chi connectivity index (χ3n) is 22.4. The summed E-state index contributed by atoms with van der Waals surface area (Å²) in [5.74, 6) is -6.79. The third-order valence-corrected chi connectivity index (χ3v) is 26.0. The number of pyridine rings is 2. The molecule has 28 heteroatoms. The quantitative estimate of drug-likeness (QED) is 0.0690. The van der Waals surface area contributed by atoms with Gasteiger partial charge < -0.3 is 38.2 Å². The Labute approximate surface area is 618 Å². The molecule has 0 radical (unpaired) electrons. The van der Waals surface area contributed by atoms with Gasteiger partial charge in [-0.3, -0.25) is 47.8 Å². The van der Waals surface area contributed by atoms with Crippen molar-refractivity contribution in [2.45, 2.75) is 218 Å². The number of carbonyl (C=O) groups is 8. The summed E-state index contributed by atoms with van der Waals surface area (Å²) in [6.07, 6.45) is 14.5. The Hall–Kier alpha value is -8.14. The van der Waals surface area contributed by atoms with Gasteiger partial charge in [-0.25, -0.2) is 35.6 Å². The summed E-state index contributed by atoms with van der Waals surface area (Å²) in [6.45, 7) is 15.0. The molecule has 4 aromatic rings. The van der Waals surface area contributed by atoms with Crippen LogP contribution in [0.15, 0.2) is 73.1 Å². The molecule has 2 saturated heterocycles. The Morgan fingerprint density at radius 3 is 1.28 bits per heavy atom. The van der Waals surface area contributed by atoms with Crippen LogP contribution in [-0.4, -0.2) is 158 Å². The van der Waals surface area contributed by atoms with Crippen LogP contribution < -0.4 is 28.4 Å². The van der Waals surface area contributed by atoms with Gasteiger partial charge in [-0.05, 0) is 165 Å². The van der Waals surface area contributed by atoms with Crippen LogP contribution in [0.1, 0.15) is 171 Å². The van der Waals surface area contributed by atoms with E-state index in [0.717, 1.165) is 12.8 Å². The number of rotatable bonds is 18. The standard InChI is InChI=1S/2C39H50FN3O9S/c2*1-22(2)51-35(45)18-30-24(4)14-23(3)8-6-7-9-25-19-39(25,38(47)42-53(48,49)28-10-11-28)20-33(44)32-17-27(21-43(32)37(30)46)52-36-31-15-26(40)16-34(50-5)29(31)12-13-41-36/h2*7,9,12-13,15-16,22-25,27-28,30,32H,6,8,10-11,14,17-21H2,1-5H3,(H,42,47)/b2*9-7-/t23-,24+,25+,27+,30-,32-,39+;23-,24-,25-,27-,30+,32+,39-/m01/s1. The molecule has 2 aromatic heterocycles. The van der Waals surface area contributed by atoms with E-state index >= 15 is 0 Å². The highest BCUT2D eigenvalue weighted by Gasteiger charge is 2.63. The van der Waals surface area contributed by atoms with Gasteiger partial charge in [0.1, 0.15) is 35.3 Å². The second-order valence-electron chi connectivity index (χ2n) is 31.5. The average Bonchev–Trinajstić information content (AvgIpc) is 1.57. The maximum atomic E-state index is 14.7. The van der Waals surface area contributed by atoms with E-state index in [1.54, 1.807) is 39.8 Å². The first-order valence-electron chi connectivity index (χ1n) is 37.3. The highest BCUT2D eigenvalue weighted by Crippen LogP contribution is 2.59. The number of halogens is 2. The van der Waals surface area contributed by atoms with Crippen molar-refractivity contribution >= 4 is 88.7 Å². The molecular formula is C78H100F2N6O18S2. The Morgan fingerprint density at radius 2 is 0.934 bits per heavy atom. The lowest BCUT2D eigenvalue weighted by atomic mass is 9.82. The van der Waals surface area contributed by atoms with Gasteiger partial charge in [0.2, 0.25) is 55.4 Å². The first kappa shape index (κ1) is 78.9. The van der Waals surface area contributed by atoms with E-state index in [1.165, 1.54) is 60.7 Å². The van der Waals surface area contributed by atoms with Crippen LogP contribution in [0.2, 0.25) is 0 Å². The van der Waals surface area contributed by atoms with Gasteiger partial charge in [-0.1, -0.05) is 52.0 Å². The number of esters is 2. The van der Waals surface area contributed by atoms with Gasteiger partial charge in [-0.2, -0.15) is 0 Å². The number of hydrogen-bond donors (Lipinski definition) is 2. The zero-order valence-electron chi connectivity index (χ0n) is 62.0. The van der Waals surface area contributed by atoms with E-state index in [-0.39, 0.29) is 123 Å². The van der Waals surface area contributed by atoms with Gasteiger partial charge in [0.25, 0.3) is 0 Å². The van der Waals surface area contributed by atoms with Gasteiger partial charge in [0, 0.05) is 61.0 Å². The smallest absolute Gasteiger partial charge is 0.306 e. The number of Topliss-reactive ketones (excluding diaryl/α,β-unsaturated/α-hetero) is 2. The first-order valence-corrected chi connectivity index (χ1v) is 40.4. The van der Waals surface area contributed by atoms with Crippen LogP contribution in [0.5, 0.6) is 23.3 Å². The predicted molar refractivity (Wildman–Crippen MR) is 387 cm³/mol. The van der Waals surface area contributed by atoms with Gasteiger partial charge in [0.05, 0.1) is 108 Å². The number of methoxy groups -OCH3 is 2. The van der Waals surface area contributed by atoms with Crippen LogP contribution in [0.4, 0.5) is 8.78 Å². The van der Waals surface area contributed by atoms with Crippen LogP contribution >= 0.6 is 0 Å². The molecule has 576 valence electrons. The number of nitrogens with one attached hydrogen (secondary N) is 2. The Bertz CT molecular complexity index is 4070. The highest BCUT2D eigenvalue weighted by molar-refractivity contribution is 7.91. The van der Waals surface area contributed by atoms with Crippen molar-refractivity contribution < 1.29 is 92.4 Å². The molecule has 4 aliphatic carbocycles. The maximum absolute atomic E-state index is 14.7. The lowest BCUT2D eigenvalue weighted by Crippen LogP contribution is -2.47. The van der Waals surface area contributed by atoms with Crippen molar-refractivity contribution in [1.29, 1.82) is 0 Å². The summed E-state index contributed by atoms with van der Waals surface area (Å²) < 4.78 is 120. The summed E-state index contributed by atoms with van der Waals surface area (Å²) >= 11 is 0. The molecule has 0 unspecified atom stereocenters. The lowest BCUT2D eigenvalue weighted by Gasteiger charge is -2.32. The van der Waals surface area contributed by atoms with Crippen molar-refractivity contribution in [2.75, 3.05) is 27.3 Å². The zero-order chi connectivity index (χ0) is 76.5. The topological polar surface area (TPSA) is 317 Å². The molecule has 8 aliphatic rings. The summed E-state index contributed by atoms with van der Waals surface area (Å²) in [5.41, 5.74) is -2.57. The fourth-order valence-electron chi connectivity index (χ4n) is 16.2. The Kier molecular flexibility index (Phi) is 24.1. The number of allylic oxidation sites excluding steroid dienone is 4. The van der Waals surface area contributed by atoms with E-state index in [0.29, 0.717) is 85.8 Å². The molecule has 2 aromatic carbocycles. The van der Waals surface area contributed by atoms with E-state index in [4.69, 9.17) is 28.4 Å². The fraction of sp³-hybridized carbons (Fsp3) is 0.615. The number of ether oxygens (including phenoxy) is 6. The van der Waals surface area contributed by atoms with Crippen LogP contribution in [-0.2, 0) is 67.9 Å². The molecule has 6 fully saturated rings. The van der Waals surface area contributed by atoms with E-state index in [2.05, 4.69) is 33.3 Å². The van der Waals surface area contributed by atoms with E-state index in [1.807, 2.05) is 38.2 Å². The number of nitrogens with zero attached hydrogens (tertiary/aromatic N) is 4. The van der Waals surface area contributed by atoms with E-state index in [9.17, 15) is 64.0 Å². The summed E-state index contributed by atoms with van der Waals surface area (Å²) in [4.78, 5) is 124. The van der Waals surface area contributed by atoms with Gasteiger partial charge >= 0.3 is 11.9 Å². The molecule has 0 spiro atoms. The molecular weight excluding hydrogens is 1410 g/mol. The molecule has 24 nitrogen and oxygen atoms in total. The fourth-order valence-corrected chi connectivity index (χ4v) is 18.9. The van der Waals surface area contributed by atoms with Crippen molar-refractivity contribution in [2.24, 2.45) is 58.2 Å². The molecule has 106 heavy (non-hydrogen) atoms. The third kappa shape index (κ3) is 18.2. The Morgan fingerprint density at radius 1 is 0.557 bits per heavy atom. The largest absolute Gasteiger partial charge is 0.496 e. The van der Waals surface area contributed by atoms with E-state index < -0.39 is 136 Å². The first-order chi connectivity index (χ1) is 50.2. The number of benzene rings is 2. The second kappa shape index (κ2) is 32.4. The van der Waals surface area contributed by atoms with Gasteiger partial charge in [0.15, 0.2) is 11.6 Å². The highest BCUT2D eigenvalue weighted by atomic mass is 32.2. The second-order valence-corrected chi connectivity index (χ2v) is 35.4. The molecule has 4 saturated carbocycles. The average molecular weight is 1510 g/mol. The van der Waals surface area contributed by atoms with Crippen LogP contribution in [0, 0.1) is 69.8 Å². The molecule has 4 aliphatic heterocycles. The van der Waals surface area contributed by atoms with Gasteiger partial charge in [-0.15, -0.1) is 0 Å². The summed E-state index contributed by atoms with van der Waals surface area (Å²) in [5, 5.41) is 0.591. The minimum atomic E-state index is -3.87. The predicted octanol–water partition coefficient (Wildman–Crippen LogP) is 10.5. The maximum Gasteiger partial charge on any atom is 0.306 e. The van der Waals surface area contributed by atoms with Crippen LogP contribution in [0.3, 0.4) is 0 Å². The minimum Gasteiger partial charge on any atom is -0.496 e. The summed E-state index contributed by atoms with van der Waals surface area (Å²) in [7, 11) is -4.89. The molecule has 6 heterocycles. The van der Waals surface area contributed by atoms with Crippen molar-refractivity contribution in [3.05, 3.63) is 84.7 Å².